The molecule has 2 aromatic carbocycles. The number of rotatable bonds is 10. The summed E-state index contributed by atoms with van der Waals surface area (Å²) < 4.78 is 32.4. The van der Waals surface area contributed by atoms with Gasteiger partial charge in [0.05, 0.1) is 28.3 Å². The molecule has 0 fully saturated rings. The number of hydrogen-bond donors (Lipinski definition) is 0. The number of benzene rings is 2. The molecular formula is C24H28N2O5S2. The lowest BCUT2D eigenvalue weighted by atomic mass is 10.2. The van der Waals surface area contributed by atoms with Crippen LogP contribution < -0.4 is 4.80 Å². The molecule has 176 valence electrons. The van der Waals surface area contributed by atoms with Crippen LogP contribution in [0.5, 0.6) is 0 Å². The van der Waals surface area contributed by atoms with E-state index in [4.69, 9.17) is 4.74 Å². The molecule has 0 saturated carbocycles. The van der Waals surface area contributed by atoms with Crippen molar-refractivity contribution >= 4 is 43.3 Å². The molecule has 0 atom stereocenters. The average molecular weight is 489 g/mol. The van der Waals surface area contributed by atoms with Crippen LogP contribution in [-0.4, -0.2) is 37.2 Å². The molecular weight excluding hydrogens is 460 g/mol. The van der Waals surface area contributed by atoms with Gasteiger partial charge in [-0.15, -0.1) is 0 Å². The van der Waals surface area contributed by atoms with E-state index in [1.807, 2.05) is 24.3 Å². The lowest BCUT2D eigenvalue weighted by Gasteiger charge is -2.06. The Morgan fingerprint density at radius 3 is 2.52 bits per heavy atom. The first-order valence-electron chi connectivity index (χ1n) is 10.9. The number of ether oxygens (including phenoxy) is 1. The van der Waals surface area contributed by atoms with Crippen molar-refractivity contribution in [3.63, 3.8) is 0 Å². The second-order valence-electron chi connectivity index (χ2n) is 7.62. The van der Waals surface area contributed by atoms with E-state index in [1.165, 1.54) is 11.3 Å². The number of hydrogen-bond acceptors (Lipinski definition) is 6. The van der Waals surface area contributed by atoms with Gasteiger partial charge in [0.2, 0.25) is 5.91 Å². The number of carbonyl (C=O) groups is 2. The minimum atomic E-state index is -3.32. The van der Waals surface area contributed by atoms with E-state index >= 15 is 0 Å². The summed E-state index contributed by atoms with van der Waals surface area (Å²) in [5.74, 6) is -0.949. The van der Waals surface area contributed by atoms with Crippen molar-refractivity contribution in [3.05, 3.63) is 64.5 Å². The quantitative estimate of drug-likeness (QED) is 0.406. The van der Waals surface area contributed by atoms with Gasteiger partial charge in [-0.1, -0.05) is 54.7 Å². The van der Waals surface area contributed by atoms with Crippen molar-refractivity contribution in [2.24, 2.45) is 4.99 Å². The van der Waals surface area contributed by atoms with Crippen LogP contribution in [0, 0.1) is 0 Å². The molecule has 0 aliphatic heterocycles. The molecule has 1 amide bonds. The molecule has 0 spiro atoms. The summed E-state index contributed by atoms with van der Waals surface area (Å²) in [7, 11) is -3.32. The highest BCUT2D eigenvalue weighted by molar-refractivity contribution is 7.90. The Bertz CT molecular complexity index is 1290. The van der Waals surface area contributed by atoms with E-state index in [1.54, 1.807) is 35.8 Å². The molecule has 1 aromatic heterocycles. The van der Waals surface area contributed by atoms with Crippen LogP contribution in [0.1, 0.15) is 37.8 Å². The second kappa shape index (κ2) is 11.4. The van der Waals surface area contributed by atoms with Crippen LogP contribution in [-0.2, 0) is 42.9 Å². The Hall–Kier alpha value is -2.78. The first-order chi connectivity index (χ1) is 15.8. The zero-order chi connectivity index (χ0) is 23.8. The zero-order valence-electron chi connectivity index (χ0n) is 18.8. The monoisotopic (exact) mass is 488 g/mol. The number of amides is 1. The van der Waals surface area contributed by atoms with E-state index in [0.717, 1.165) is 27.8 Å². The fraction of sp³-hybridized carbons (Fsp3) is 0.375. The van der Waals surface area contributed by atoms with Crippen LogP contribution in [0.2, 0.25) is 0 Å². The lowest BCUT2D eigenvalue weighted by Crippen LogP contribution is -2.23. The molecule has 7 nitrogen and oxygen atoms in total. The predicted molar refractivity (Wildman–Crippen MR) is 130 cm³/mol. The number of nitrogens with zero attached hydrogens (tertiary/aromatic N) is 2. The third kappa shape index (κ3) is 7.10. The van der Waals surface area contributed by atoms with Gasteiger partial charge in [0.15, 0.2) is 14.6 Å². The van der Waals surface area contributed by atoms with Crippen molar-refractivity contribution in [2.45, 2.75) is 45.4 Å². The highest BCUT2D eigenvalue weighted by Crippen LogP contribution is 2.20. The highest BCUT2D eigenvalue weighted by atomic mass is 32.2. The summed E-state index contributed by atoms with van der Waals surface area (Å²) >= 11 is 1.33. The zero-order valence-corrected chi connectivity index (χ0v) is 20.5. The number of aryl methyl sites for hydroxylation is 1. The van der Waals surface area contributed by atoms with Gasteiger partial charge in [-0.05, 0) is 43.0 Å². The van der Waals surface area contributed by atoms with Gasteiger partial charge < -0.3 is 9.30 Å². The number of carbonyl (C=O) groups excluding carboxylic acids is 2. The molecule has 0 bridgehead atoms. The van der Waals surface area contributed by atoms with Crippen LogP contribution in [0.3, 0.4) is 0 Å². The first-order valence-corrected chi connectivity index (χ1v) is 13.5. The smallest absolute Gasteiger partial charge is 0.326 e. The summed E-state index contributed by atoms with van der Waals surface area (Å²) in [6.45, 7) is 4.02. The van der Waals surface area contributed by atoms with Gasteiger partial charge in [0.1, 0.15) is 6.54 Å². The Kier molecular flexibility index (Phi) is 8.57. The van der Waals surface area contributed by atoms with E-state index in [0.29, 0.717) is 4.80 Å². The van der Waals surface area contributed by atoms with Gasteiger partial charge >= 0.3 is 5.97 Å². The maximum Gasteiger partial charge on any atom is 0.326 e. The normalized spacial score (nSPS) is 12.2. The molecule has 33 heavy (non-hydrogen) atoms. The van der Waals surface area contributed by atoms with Gasteiger partial charge in [-0.2, -0.15) is 4.99 Å². The number of aromatic nitrogens is 1. The van der Waals surface area contributed by atoms with E-state index in [2.05, 4.69) is 11.9 Å². The van der Waals surface area contributed by atoms with Crippen molar-refractivity contribution in [3.8, 4) is 0 Å². The Labute approximate surface area is 197 Å². The SMILES string of the molecule is CCOC(=O)Cn1c(=NC(=O)CCCS(=O)(=O)Cc2ccccc2)sc2cc(CC)ccc21. The van der Waals surface area contributed by atoms with Crippen LogP contribution in [0.4, 0.5) is 0 Å². The fourth-order valence-electron chi connectivity index (χ4n) is 3.42. The van der Waals surface area contributed by atoms with Crippen LogP contribution in [0.25, 0.3) is 10.2 Å². The maximum absolute atomic E-state index is 12.5. The molecule has 0 N–H and O–H groups in total. The molecule has 3 rings (SSSR count). The van der Waals surface area contributed by atoms with Crippen molar-refractivity contribution in [1.29, 1.82) is 0 Å². The Morgan fingerprint density at radius 1 is 1.06 bits per heavy atom. The van der Waals surface area contributed by atoms with Gasteiger partial charge in [0.25, 0.3) is 0 Å². The number of thiazole rings is 1. The molecule has 0 radical (unpaired) electrons. The summed E-state index contributed by atoms with van der Waals surface area (Å²) in [6, 6.07) is 14.9. The molecule has 0 aliphatic rings. The number of fused-ring (bicyclic) bond motifs is 1. The topological polar surface area (TPSA) is 94.8 Å². The van der Waals surface area contributed by atoms with E-state index in [-0.39, 0.29) is 37.5 Å². The highest BCUT2D eigenvalue weighted by Gasteiger charge is 2.15. The Balaban J connectivity index is 1.75. The van der Waals surface area contributed by atoms with Crippen LogP contribution in [0.15, 0.2) is 53.5 Å². The van der Waals surface area contributed by atoms with Crippen molar-refractivity contribution < 1.29 is 22.7 Å². The standard InChI is InChI=1S/C24H28N2O5S2/c1-3-18-12-13-20-21(15-18)32-24(26(20)16-23(28)31-4-2)25-22(27)11-8-14-33(29,30)17-19-9-6-5-7-10-19/h5-7,9-10,12-13,15H,3-4,8,11,14,16-17H2,1-2H3. The fourth-order valence-corrected chi connectivity index (χ4v) is 5.96. The predicted octanol–water partition coefficient (Wildman–Crippen LogP) is 3.65. The van der Waals surface area contributed by atoms with Crippen molar-refractivity contribution in [2.75, 3.05) is 12.4 Å². The van der Waals surface area contributed by atoms with Crippen LogP contribution >= 0.6 is 11.3 Å². The largest absolute Gasteiger partial charge is 0.465 e. The maximum atomic E-state index is 12.5. The van der Waals surface area contributed by atoms with E-state index < -0.39 is 21.7 Å². The van der Waals surface area contributed by atoms with Gasteiger partial charge in [-0.3, -0.25) is 9.59 Å². The minimum absolute atomic E-state index is 0.0158. The third-order valence-electron chi connectivity index (χ3n) is 5.04. The molecule has 3 aromatic rings. The molecule has 0 unspecified atom stereocenters. The average Bonchev–Trinajstić information content (AvgIpc) is 3.09. The molecule has 0 saturated heterocycles. The number of sulfone groups is 1. The second-order valence-corrected chi connectivity index (χ2v) is 10.8. The Morgan fingerprint density at radius 2 is 1.82 bits per heavy atom. The van der Waals surface area contributed by atoms with E-state index in [9.17, 15) is 18.0 Å². The van der Waals surface area contributed by atoms with Gasteiger partial charge in [0, 0.05) is 6.42 Å². The lowest BCUT2D eigenvalue weighted by molar-refractivity contribution is -0.143. The molecule has 9 heteroatoms. The first kappa shape index (κ1) is 24.9. The number of esters is 1. The summed E-state index contributed by atoms with van der Waals surface area (Å²) in [5, 5.41) is 0. The molecule has 0 aliphatic carbocycles. The minimum Gasteiger partial charge on any atom is -0.465 e. The third-order valence-corrected chi connectivity index (χ3v) is 7.77. The summed E-state index contributed by atoms with van der Waals surface area (Å²) in [5.41, 5.74) is 2.68. The van der Waals surface area contributed by atoms with Gasteiger partial charge in [-0.25, -0.2) is 8.42 Å². The van der Waals surface area contributed by atoms with Crippen molar-refractivity contribution in [1.82, 2.24) is 4.57 Å². The summed E-state index contributed by atoms with van der Waals surface area (Å²) in [4.78, 5) is 29.3. The molecule has 1 heterocycles. The summed E-state index contributed by atoms with van der Waals surface area (Å²) in [6.07, 6.45) is 1.08.